The van der Waals surface area contributed by atoms with E-state index in [9.17, 15) is 0 Å². The highest BCUT2D eigenvalue weighted by atomic mass is 16.5. The fourth-order valence-electron chi connectivity index (χ4n) is 4.77. The van der Waals surface area contributed by atoms with Gasteiger partial charge in [0.15, 0.2) is 0 Å². The number of morpholine rings is 1. The van der Waals surface area contributed by atoms with Gasteiger partial charge in [-0.25, -0.2) is 0 Å². The van der Waals surface area contributed by atoms with Gasteiger partial charge in [0.05, 0.1) is 24.9 Å². The van der Waals surface area contributed by atoms with Crippen LogP contribution in [-0.4, -0.2) is 55.0 Å². The van der Waals surface area contributed by atoms with E-state index in [0.717, 1.165) is 50.3 Å². The molecule has 1 fully saturated rings. The standard InChI is InChI=1S/C22H26N4O/c1-22(18-4-3-16-13-23-24-21(16)12-18)15-25(2)14-17-11-19(5-6-20(17)22)26-7-9-27-10-8-26/h3-6,11-13H,7-10,14-15H2,1-2H3,(H,23,24). The second kappa shape index (κ2) is 6.36. The van der Waals surface area contributed by atoms with Crippen molar-refractivity contribution in [3.63, 3.8) is 0 Å². The number of nitrogens with zero attached hydrogens (tertiary/aromatic N) is 3. The topological polar surface area (TPSA) is 44.4 Å². The number of likely N-dealkylation sites (N-methyl/N-ethyl adjacent to an activating group) is 1. The van der Waals surface area contributed by atoms with Crippen LogP contribution in [0.1, 0.15) is 23.6 Å². The molecule has 1 saturated heterocycles. The third kappa shape index (κ3) is 2.82. The zero-order valence-electron chi connectivity index (χ0n) is 16.0. The van der Waals surface area contributed by atoms with Crippen molar-refractivity contribution >= 4 is 16.6 Å². The van der Waals surface area contributed by atoms with Gasteiger partial charge in [-0.1, -0.05) is 25.1 Å². The summed E-state index contributed by atoms with van der Waals surface area (Å²) in [4.78, 5) is 4.87. The number of ether oxygens (including phenoxy) is 1. The lowest BCUT2D eigenvalue weighted by Gasteiger charge is -2.42. The van der Waals surface area contributed by atoms with Gasteiger partial charge in [-0.15, -0.1) is 0 Å². The smallest absolute Gasteiger partial charge is 0.0653 e. The summed E-state index contributed by atoms with van der Waals surface area (Å²) in [6.45, 7) is 7.96. The average molecular weight is 362 g/mol. The summed E-state index contributed by atoms with van der Waals surface area (Å²) >= 11 is 0. The average Bonchev–Trinajstić information content (AvgIpc) is 3.16. The summed E-state index contributed by atoms with van der Waals surface area (Å²) in [7, 11) is 2.22. The molecule has 1 atom stereocenters. The number of nitrogens with one attached hydrogen (secondary N) is 1. The Morgan fingerprint density at radius 3 is 2.81 bits per heavy atom. The van der Waals surface area contributed by atoms with Crippen molar-refractivity contribution in [2.24, 2.45) is 0 Å². The lowest BCUT2D eigenvalue weighted by Crippen LogP contribution is -2.43. The first-order valence-corrected chi connectivity index (χ1v) is 9.72. The molecule has 3 heterocycles. The Labute approximate surface area is 159 Å². The van der Waals surface area contributed by atoms with Crippen LogP contribution in [0.3, 0.4) is 0 Å². The Kier molecular flexibility index (Phi) is 3.95. The number of hydrogen-bond acceptors (Lipinski definition) is 4. The Morgan fingerprint density at radius 1 is 1.11 bits per heavy atom. The van der Waals surface area contributed by atoms with E-state index in [1.807, 2.05) is 6.20 Å². The molecule has 3 aromatic rings. The van der Waals surface area contributed by atoms with Crippen molar-refractivity contribution in [1.82, 2.24) is 15.1 Å². The van der Waals surface area contributed by atoms with E-state index in [1.54, 1.807) is 0 Å². The van der Waals surface area contributed by atoms with Crippen molar-refractivity contribution in [2.75, 3.05) is 44.8 Å². The van der Waals surface area contributed by atoms with E-state index in [0.29, 0.717) is 0 Å². The summed E-state index contributed by atoms with van der Waals surface area (Å²) < 4.78 is 5.51. The van der Waals surface area contributed by atoms with Crippen molar-refractivity contribution < 1.29 is 4.74 Å². The summed E-state index contributed by atoms with van der Waals surface area (Å²) in [5.74, 6) is 0. The van der Waals surface area contributed by atoms with Gasteiger partial charge in [0, 0.05) is 42.7 Å². The van der Waals surface area contributed by atoms with Gasteiger partial charge in [-0.3, -0.25) is 5.10 Å². The Balaban J connectivity index is 1.58. The molecule has 27 heavy (non-hydrogen) atoms. The quantitative estimate of drug-likeness (QED) is 0.761. The minimum Gasteiger partial charge on any atom is -0.378 e. The maximum Gasteiger partial charge on any atom is 0.0653 e. The maximum absolute atomic E-state index is 5.51. The van der Waals surface area contributed by atoms with Crippen LogP contribution in [0, 0.1) is 0 Å². The number of aromatic nitrogens is 2. The molecule has 2 aromatic carbocycles. The molecule has 2 aliphatic rings. The van der Waals surface area contributed by atoms with Gasteiger partial charge in [-0.2, -0.15) is 5.10 Å². The van der Waals surface area contributed by atoms with Gasteiger partial charge in [0.2, 0.25) is 0 Å². The van der Waals surface area contributed by atoms with Gasteiger partial charge in [0.1, 0.15) is 0 Å². The van der Waals surface area contributed by atoms with Gasteiger partial charge in [0.25, 0.3) is 0 Å². The normalized spacial score (nSPS) is 23.6. The van der Waals surface area contributed by atoms with E-state index in [2.05, 4.69) is 70.4 Å². The number of H-pyrrole nitrogens is 1. The molecule has 0 saturated carbocycles. The van der Waals surface area contributed by atoms with Crippen molar-refractivity contribution in [3.05, 3.63) is 59.3 Å². The number of benzene rings is 2. The highest BCUT2D eigenvalue weighted by Gasteiger charge is 2.36. The van der Waals surface area contributed by atoms with Crippen molar-refractivity contribution in [2.45, 2.75) is 18.9 Å². The van der Waals surface area contributed by atoms with E-state index in [4.69, 9.17) is 4.74 Å². The largest absolute Gasteiger partial charge is 0.378 e. The minimum absolute atomic E-state index is 0.0365. The zero-order chi connectivity index (χ0) is 18.4. The number of aromatic amines is 1. The van der Waals surface area contributed by atoms with Crippen LogP contribution < -0.4 is 4.90 Å². The van der Waals surface area contributed by atoms with E-state index < -0.39 is 0 Å². The van der Waals surface area contributed by atoms with Crippen LogP contribution >= 0.6 is 0 Å². The van der Waals surface area contributed by atoms with Crippen LogP contribution in [0.4, 0.5) is 5.69 Å². The summed E-state index contributed by atoms with van der Waals surface area (Å²) in [5.41, 5.74) is 6.60. The van der Waals surface area contributed by atoms with E-state index in [1.165, 1.54) is 22.4 Å². The minimum atomic E-state index is -0.0365. The lowest BCUT2D eigenvalue weighted by molar-refractivity contribution is 0.122. The van der Waals surface area contributed by atoms with Crippen LogP contribution in [0.15, 0.2) is 42.6 Å². The van der Waals surface area contributed by atoms with Gasteiger partial charge < -0.3 is 14.5 Å². The maximum atomic E-state index is 5.51. The molecule has 0 bridgehead atoms. The van der Waals surface area contributed by atoms with Crippen LogP contribution in [0.2, 0.25) is 0 Å². The predicted octanol–water partition coefficient (Wildman–Crippen LogP) is 3.15. The first-order chi connectivity index (χ1) is 13.1. The molecule has 5 rings (SSSR count). The molecule has 0 aliphatic carbocycles. The molecule has 2 aliphatic heterocycles. The molecule has 0 spiro atoms. The molecule has 1 unspecified atom stereocenters. The van der Waals surface area contributed by atoms with Crippen LogP contribution in [0.5, 0.6) is 0 Å². The predicted molar refractivity (Wildman–Crippen MR) is 108 cm³/mol. The highest BCUT2D eigenvalue weighted by Crippen LogP contribution is 2.40. The highest BCUT2D eigenvalue weighted by molar-refractivity contribution is 5.79. The zero-order valence-corrected chi connectivity index (χ0v) is 16.0. The molecule has 0 amide bonds. The van der Waals surface area contributed by atoms with Crippen LogP contribution in [0.25, 0.3) is 10.9 Å². The van der Waals surface area contributed by atoms with E-state index in [-0.39, 0.29) is 5.41 Å². The SMILES string of the molecule is CN1Cc2cc(N3CCOCC3)ccc2C(C)(c2ccc3cn[nH]c3c2)C1. The molecule has 0 radical (unpaired) electrons. The second-order valence-electron chi connectivity index (χ2n) is 8.12. The summed E-state index contributed by atoms with van der Waals surface area (Å²) in [5, 5.41) is 8.46. The number of rotatable bonds is 2. The summed E-state index contributed by atoms with van der Waals surface area (Å²) in [6.07, 6.45) is 1.89. The first-order valence-electron chi connectivity index (χ1n) is 9.72. The molecule has 5 nitrogen and oxygen atoms in total. The number of hydrogen-bond donors (Lipinski definition) is 1. The van der Waals surface area contributed by atoms with Gasteiger partial charge >= 0.3 is 0 Å². The summed E-state index contributed by atoms with van der Waals surface area (Å²) in [6, 6.07) is 13.7. The molecular weight excluding hydrogens is 336 g/mol. The van der Waals surface area contributed by atoms with Crippen LogP contribution in [-0.2, 0) is 16.7 Å². The second-order valence-corrected chi connectivity index (χ2v) is 8.12. The Morgan fingerprint density at radius 2 is 1.96 bits per heavy atom. The van der Waals surface area contributed by atoms with Gasteiger partial charge in [-0.05, 0) is 41.9 Å². The van der Waals surface area contributed by atoms with E-state index >= 15 is 0 Å². The first kappa shape index (κ1) is 16.8. The third-order valence-electron chi connectivity index (χ3n) is 6.16. The molecular formula is C22H26N4O. The van der Waals surface area contributed by atoms with Crippen molar-refractivity contribution in [1.29, 1.82) is 0 Å². The fraction of sp³-hybridized carbons (Fsp3) is 0.409. The Hall–Kier alpha value is -2.37. The molecule has 1 N–H and O–H groups in total. The molecule has 1 aromatic heterocycles. The Bertz CT molecular complexity index is 975. The molecule has 5 heteroatoms. The lowest BCUT2D eigenvalue weighted by atomic mass is 9.71. The number of anilines is 1. The molecule has 140 valence electrons. The van der Waals surface area contributed by atoms with Crippen molar-refractivity contribution in [3.8, 4) is 0 Å². The fourth-order valence-corrected chi connectivity index (χ4v) is 4.77. The third-order valence-corrected chi connectivity index (χ3v) is 6.16. The monoisotopic (exact) mass is 362 g/mol. The number of fused-ring (bicyclic) bond motifs is 2.